The first-order valence-electron chi connectivity index (χ1n) is 8.58. The molecule has 0 fully saturated rings. The van der Waals surface area contributed by atoms with Gasteiger partial charge in [0, 0.05) is 22.2 Å². The van der Waals surface area contributed by atoms with E-state index in [1.165, 1.54) is 19.1 Å². The van der Waals surface area contributed by atoms with E-state index in [-0.39, 0.29) is 52.5 Å². The molecule has 2 heterocycles. The molecule has 152 valence electrons. The van der Waals surface area contributed by atoms with Crippen LogP contribution in [-0.4, -0.2) is 57.4 Å². The number of carbonyl (C=O) groups is 1. The van der Waals surface area contributed by atoms with Gasteiger partial charge in [-0.2, -0.15) is 0 Å². The van der Waals surface area contributed by atoms with Crippen LogP contribution in [0.1, 0.15) is 18.4 Å². The summed E-state index contributed by atoms with van der Waals surface area (Å²) in [6.45, 7) is 0.740. The largest absolute Gasteiger partial charge is 0.463 e. The Morgan fingerprint density at radius 3 is 2.89 bits per heavy atom. The highest BCUT2D eigenvalue weighted by molar-refractivity contribution is 7.95. The summed E-state index contributed by atoms with van der Waals surface area (Å²) in [5.74, 6) is -4.31. The van der Waals surface area contributed by atoms with E-state index < -0.39 is 40.1 Å². The topological polar surface area (TPSA) is 102 Å². The molecule has 0 aliphatic carbocycles. The Labute approximate surface area is 166 Å². The molecule has 0 aromatic heterocycles. The number of hydrogen-bond donors (Lipinski definition) is 1. The first kappa shape index (κ1) is 20.9. The highest BCUT2D eigenvalue weighted by Gasteiger charge is 2.47. The Morgan fingerprint density at radius 1 is 1.46 bits per heavy atom. The second-order valence-corrected chi connectivity index (χ2v) is 8.90. The zero-order chi connectivity index (χ0) is 20.5. The van der Waals surface area contributed by atoms with Crippen molar-refractivity contribution < 1.29 is 32.2 Å². The minimum Gasteiger partial charge on any atom is -0.463 e. The summed E-state index contributed by atoms with van der Waals surface area (Å²) in [6, 6.07) is 3.97. The zero-order valence-electron chi connectivity index (χ0n) is 15.0. The molecule has 0 amide bonds. The van der Waals surface area contributed by atoms with Crippen molar-refractivity contribution >= 4 is 33.1 Å². The lowest BCUT2D eigenvalue weighted by molar-refractivity contribution is -0.147. The maximum Gasteiger partial charge on any atom is 0.315 e. The van der Waals surface area contributed by atoms with Crippen molar-refractivity contribution in [3.63, 3.8) is 0 Å². The van der Waals surface area contributed by atoms with Crippen LogP contribution in [0, 0.1) is 11.7 Å². The molecule has 0 spiro atoms. The number of aliphatic imine (C=N–C) groups is 1. The van der Waals surface area contributed by atoms with Gasteiger partial charge in [0.25, 0.3) is 0 Å². The summed E-state index contributed by atoms with van der Waals surface area (Å²) in [7, 11) is -3.90. The van der Waals surface area contributed by atoms with Gasteiger partial charge in [-0.25, -0.2) is 12.8 Å². The monoisotopic (exact) mass is 431 g/mol. The number of hydrogen-bond acceptors (Lipinski definition) is 7. The van der Waals surface area contributed by atoms with Gasteiger partial charge < -0.3 is 14.6 Å². The van der Waals surface area contributed by atoms with Crippen LogP contribution < -0.4 is 0 Å². The van der Waals surface area contributed by atoms with Crippen molar-refractivity contribution in [1.82, 2.24) is 0 Å². The van der Waals surface area contributed by atoms with Crippen LogP contribution >= 0.6 is 11.6 Å². The van der Waals surface area contributed by atoms with Crippen molar-refractivity contribution in [2.45, 2.75) is 12.8 Å². The normalized spacial score (nSPS) is 24.2. The first-order valence-corrected chi connectivity index (χ1v) is 10.6. The molecule has 3 rings (SSSR count). The number of halogens is 2. The fourth-order valence-electron chi connectivity index (χ4n) is 3.48. The lowest BCUT2D eigenvalue weighted by Crippen LogP contribution is -2.37. The Morgan fingerprint density at radius 2 is 2.21 bits per heavy atom. The van der Waals surface area contributed by atoms with Crippen LogP contribution in [-0.2, 0) is 24.1 Å². The molecule has 0 radical (unpaired) electrons. The average molecular weight is 432 g/mol. The van der Waals surface area contributed by atoms with E-state index in [0.29, 0.717) is 0 Å². The van der Waals surface area contributed by atoms with Gasteiger partial charge in [-0.1, -0.05) is 17.7 Å². The molecule has 2 aliphatic heterocycles. The minimum atomic E-state index is -3.90. The van der Waals surface area contributed by atoms with E-state index in [9.17, 15) is 17.6 Å². The number of benzene rings is 1. The number of rotatable bonds is 4. The van der Waals surface area contributed by atoms with Gasteiger partial charge >= 0.3 is 5.97 Å². The molecule has 2 atom stereocenters. The van der Waals surface area contributed by atoms with Crippen LogP contribution in [0.5, 0.6) is 0 Å². The predicted molar refractivity (Wildman–Crippen MR) is 100 cm³/mol. The molecule has 1 aromatic carbocycles. The number of allylic oxidation sites excluding steroid dienone is 1. The molecular formula is C18H19ClFNO6S. The quantitative estimate of drug-likeness (QED) is 0.730. The number of ether oxygens (including phenoxy) is 2. The molecule has 7 nitrogen and oxygen atoms in total. The Kier molecular flexibility index (Phi) is 6.18. The molecule has 10 heteroatoms. The molecule has 0 bridgehead atoms. The highest BCUT2D eigenvalue weighted by atomic mass is 35.5. The van der Waals surface area contributed by atoms with Gasteiger partial charge in [-0.05, 0) is 19.1 Å². The van der Waals surface area contributed by atoms with Crippen LogP contribution in [0.4, 0.5) is 4.39 Å². The highest BCUT2D eigenvalue weighted by Crippen LogP contribution is 2.46. The summed E-state index contributed by atoms with van der Waals surface area (Å²) in [4.78, 5) is 16.8. The third-order valence-electron chi connectivity index (χ3n) is 4.63. The fourth-order valence-corrected chi connectivity index (χ4v) is 5.42. The van der Waals surface area contributed by atoms with E-state index in [1.54, 1.807) is 0 Å². The number of esters is 1. The maximum atomic E-state index is 14.8. The molecule has 0 saturated heterocycles. The summed E-state index contributed by atoms with van der Waals surface area (Å²) in [5.41, 5.74) is 0.277. The standard InChI is InChI=1S/C18H19ClFNO6S/c1-10-14(18(23)27-6-5-22)16(15-11(19)3-2-4-12(15)20)17-13(21-10)9-26-7-8-28(17,24)25/h2-4,14,16,22H,5-9H2,1H3. The van der Waals surface area contributed by atoms with Gasteiger partial charge in [0.05, 0.1) is 36.2 Å². The Hall–Kier alpha value is -1.81. The number of aliphatic hydroxyl groups excluding tert-OH is 1. The van der Waals surface area contributed by atoms with E-state index in [1.807, 2.05) is 0 Å². The van der Waals surface area contributed by atoms with Gasteiger partial charge in [0.15, 0.2) is 9.84 Å². The van der Waals surface area contributed by atoms with Crippen molar-refractivity contribution in [3.8, 4) is 0 Å². The van der Waals surface area contributed by atoms with Crippen molar-refractivity contribution in [1.29, 1.82) is 0 Å². The molecule has 28 heavy (non-hydrogen) atoms. The van der Waals surface area contributed by atoms with Gasteiger partial charge in [0.2, 0.25) is 0 Å². The summed E-state index contributed by atoms with van der Waals surface area (Å²) < 4.78 is 51.1. The van der Waals surface area contributed by atoms with Gasteiger partial charge in [-0.3, -0.25) is 9.79 Å². The zero-order valence-corrected chi connectivity index (χ0v) is 16.6. The first-order chi connectivity index (χ1) is 13.3. The van der Waals surface area contributed by atoms with Crippen molar-refractivity contribution in [3.05, 3.63) is 45.2 Å². The Bertz CT molecular complexity index is 939. The predicted octanol–water partition coefficient (Wildman–Crippen LogP) is 1.85. The molecule has 2 unspecified atom stereocenters. The summed E-state index contributed by atoms with van der Waals surface area (Å²) in [6.07, 6.45) is 0. The number of carbonyl (C=O) groups excluding carboxylic acids is 1. The minimum absolute atomic E-state index is 0.00752. The second-order valence-electron chi connectivity index (χ2n) is 6.42. The maximum absolute atomic E-state index is 14.8. The molecular weight excluding hydrogens is 413 g/mol. The van der Waals surface area contributed by atoms with E-state index in [2.05, 4.69) is 4.99 Å². The Balaban J connectivity index is 2.26. The molecule has 0 saturated carbocycles. The third kappa shape index (κ3) is 3.84. The van der Waals surface area contributed by atoms with Crippen molar-refractivity contribution in [2.24, 2.45) is 10.9 Å². The number of aliphatic hydroxyl groups is 1. The smallest absolute Gasteiger partial charge is 0.315 e. The van der Waals surface area contributed by atoms with Gasteiger partial charge in [0.1, 0.15) is 18.3 Å². The van der Waals surface area contributed by atoms with Crippen LogP contribution in [0.2, 0.25) is 5.02 Å². The lowest BCUT2D eigenvalue weighted by Gasteiger charge is -2.32. The van der Waals surface area contributed by atoms with Crippen LogP contribution in [0.15, 0.2) is 33.8 Å². The van der Waals surface area contributed by atoms with E-state index >= 15 is 0 Å². The van der Waals surface area contributed by atoms with E-state index in [0.717, 1.165) is 6.07 Å². The lowest BCUT2D eigenvalue weighted by atomic mass is 9.80. The molecule has 1 N–H and O–H groups in total. The van der Waals surface area contributed by atoms with Gasteiger partial charge in [-0.15, -0.1) is 0 Å². The van der Waals surface area contributed by atoms with Crippen LogP contribution in [0.3, 0.4) is 0 Å². The van der Waals surface area contributed by atoms with Crippen molar-refractivity contribution in [2.75, 3.05) is 32.2 Å². The fraction of sp³-hybridized carbons (Fsp3) is 0.444. The molecule has 2 aliphatic rings. The second kappa shape index (κ2) is 8.28. The number of sulfone groups is 1. The number of nitrogens with zero attached hydrogens (tertiary/aromatic N) is 1. The van der Waals surface area contributed by atoms with E-state index in [4.69, 9.17) is 26.2 Å². The summed E-state index contributed by atoms with van der Waals surface area (Å²) in [5, 5.41) is 8.94. The molecule has 1 aromatic rings. The van der Waals surface area contributed by atoms with Crippen LogP contribution in [0.25, 0.3) is 0 Å². The SMILES string of the molecule is CC1=NC2=C(C(c3c(F)cccc3Cl)C1C(=O)OCCO)S(=O)(=O)CCOC2. The third-order valence-corrected chi connectivity index (χ3v) is 6.83. The summed E-state index contributed by atoms with van der Waals surface area (Å²) >= 11 is 6.23. The average Bonchev–Trinajstić information content (AvgIpc) is 2.77.